The molecule has 1 fully saturated rings. The minimum absolute atomic E-state index is 0.756. The number of aliphatic hydroxyl groups is 2. The van der Waals surface area contributed by atoms with Gasteiger partial charge in [-0.3, -0.25) is 4.68 Å². The van der Waals surface area contributed by atoms with Gasteiger partial charge in [-0.25, -0.2) is 9.59 Å². The number of nitrogens with two attached hydrogens (primary N) is 1. The van der Waals surface area contributed by atoms with Crippen LogP contribution in [0.25, 0.3) is 0 Å². The highest BCUT2D eigenvalue weighted by atomic mass is 16.4. The zero-order valence-electron chi connectivity index (χ0n) is 14.5. The zero-order valence-corrected chi connectivity index (χ0v) is 14.5. The molecule has 0 spiro atoms. The van der Waals surface area contributed by atoms with Crippen molar-refractivity contribution in [1.29, 1.82) is 0 Å². The van der Waals surface area contributed by atoms with E-state index in [0.717, 1.165) is 32.0 Å². The minimum atomic E-state index is -2.27. The maximum Gasteiger partial charge on any atom is 0.335 e. The number of nitrogens with zero attached hydrogens (tertiary/aromatic N) is 4. The first kappa shape index (κ1) is 22.0. The highest BCUT2D eigenvalue weighted by Crippen LogP contribution is 2.15. The summed E-state index contributed by atoms with van der Waals surface area (Å²) in [5.41, 5.74) is 5.68. The number of carboxylic acid groups (broad SMARTS) is 2. The molecule has 26 heavy (non-hydrogen) atoms. The Kier molecular flexibility index (Phi) is 9.73. The molecule has 11 heteroatoms. The number of likely N-dealkylation sites (tertiary alicyclic amines) is 1. The predicted molar refractivity (Wildman–Crippen MR) is 90.1 cm³/mol. The molecule has 0 bridgehead atoms. The molecule has 0 aromatic carbocycles. The van der Waals surface area contributed by atoms with Crippen LogP contribution in [0.2, 0.25) is 0 Å². The summed E-state index contributed by atoms with van der Waals surface area (Å²) < 4.78 is 1.90. The van der Waals surface area contributed by atoms with E-state index in [9.17, 15) is 9.59 Å². The van der Waals surface area contributed by atoms with E-state index >= 15 is 0 Å². The summed E-state index contributed by atoms with van der Waals surface area (Å²) in [6.45, 7) is 5.40. The van der Waals surface area contributed by atoms with Crippen molar-refractivity contribution in [3.05, 3.63) is 12.4 Å². The molecule has 0 aliphatic carbocycles. The molecular formula is C15H27N5O6. The summed E-state index contributed by atoms with van der Waals surface area (Å²) in [6, 6.07) is 0. The average molecular weight is 373 g/mol. The molecule has 1 aromatic rings. The monoisotopic (exact) mass is 373 g/mol. The van der Waals surface area contributed by atoms with Gasteiger partial charge in [0.05, 0.1) is 6.20 Å². The predicted octanol–water partition coefficient (Wildman–Crippen LogP) is -1.78. The Bertz CT molecular complexity index is 515. The van der Waals surface area contributed by atoms with Crippen molar-refractivity contribution in [1.82, 2.24) is 19.9 Å². The normalized spacial score (nSPS) is 17.8. The van der Waals surface area contributed by atoms with Gasteiger partial charge in [0.15, 0.2) is 12.2 Å². The van der Waals surface area contributed by atoms with Crippen molar-refractivity contribution in [2.45, 2.75) is 38.0 Å². The van der Waals surface area contributed by atoms with Crippen LogP contribution in [-0.4, -0.2) is 90.6 Å². The number of aromatic nitrogens is 3. The summed E-state index contributed by atoms with van der Waals surface area (Å²) in [7, 11) is 0. The molecule has 0 saturated carbocycles. The Morgan fingerprint density at radius 2 is 1.69 bits per heavy atom. The van der Waals surface area contributed by atoms with Gasteiger partial charge in [0, 0.05) is 12.7 Å². The average Bonchev–Trinajstić information content (AvgIpc) is 3.15. The Balaban J connectivity index is 0.000000294. The maximum atomic E-state index is 9.77. The first-order valence-corrected chi connectivity index (χ1v) is 8.43. The SMILES string of the molecule is NCC1CCN(CCCn2ccnn2)CC1.O=C(O)[C@H](O)[C@@H](O)C(=O)O. The number of hydrogen-bond acceptors (Lipinski definition) is 8. The van der Waals surface area contributed by atoms with Crippen molar-refractivity contribution in [3.8, 4) is 0 Å². The van der Waals surface area contributed by atoms with Gasteiger partial charge in [0.2, 0.25) is 0 Å². The van der Waals surface area contributed by atoms with Crippen LogP contribution in [-0.2, 0) is 16.1 Å². The molecule has 0 radical (unpaired) electrons. The molecule has 1 aliphatic rings. The third-order valence-corrected chi connectivity index (χ3v) is 4.18. The van der Waals surface area contributed by atoms with E-state index in [4.69, 9.17) is 26.2 Å². The van der Waals surface area contributed by atoms with Crippen molar-refractivity contribution in [2.75, 3.05) is 26.2 Å². The van der Waals surface area contributed by atoms with Gasteiger partial charge in [-0.2, -0.15) is 0 Å². The van der Waals surface area contributed by atoms with E-state index < -0.39 is 24.1 Å². The van der Waals surface area contributed by atoms with E-state index in [1.807, 2.05) is 10.9 Å². The fourth-order valence-corrected chi connectivity index (χ4v) is 2.52. The molecule has 6 N–H and O–H groups in total. The largest absolute Gasteiger partial charge is 0.479 e. The Morgan fingerprint density at radius 1 is 1.12 bits per heavy atom. The van der Waals surface area contributed by atoms with Gasteiger partial charge in [-0.1, -0.05) is 5.21 Å². The van der Waals surface area contributed by atoms with Gasteiger partial charge in [-0.05, 0) is 51.4 Å². The summed E-state index contributed by atoms with van der Waals surface area (Å²) in [5.74, 6) is -2.78. The van der Waals surface area contributed by atoms with Crippen LogP contribution in [0.1, 0.15) is 19.3 Å². The number of aliphatic hydroxyl groups excluding tert-OH is 2. The number of aryl methyl sites for hydroxylation is 1. The summed E-state index contributed by atoms with van der Waals surface area (Å²) in [5, 5.41) is 40.3. The van der Waals surface area contributed by atoms with Crippen LogP contribution in [0.15, 0.2) is 12.4 Å². The van der Waals surface area contributed by atoms with Gasteiger partial charge in [0.1, 0.15) is 0 Å². The molecule has 1 aliphatic heterocycles. The number of piperidine rings is 1. The van der Waals surface area contributed by atoms with E-state index in [-0.39, 0.29) is 0 Å². The van der Waals surface area contributed by atoms with Crippen molar-refractivity contribution < 1.29 is 30.0 Å². The van der Waals surface area contributed by atoms with Crippen LogP contribution in [0.4, 0.5) is 0 Å². The van der Waals surface area contributed by atoms with Crippen LogP contribution in [0.5, 0.6) is 0 Å². The van der Waals surface area contributed by atoms with Gasteiger partial charge in [0.25, 0.3) is 0 Å². The first-order chi connectivity index (χ1) is 12.3. The van der Waals surface area contributed by atoms with E-state index in [2.05, 4.69) is 15.2 Å². The lowest BCUT2D eigenvalue weighted by Gasteiger charge is -2.31. The highest BCUT2D eigenvalue weighted by molar-refractivity contribution is 5.83. The molecule has 1 aromatic heterocycles. The third kappa shape index (κ3) is 7.87. The lowest BCUT2D eigenvalue weighted by molar-refractivity contribution is -0.165. The number of hydrogen-bond donors (Lipinski definition) is 5. The molecule has 2 atom stereocenters. The zero-order chi connectivity index (χ0) is 19.5. The fraction of sp³-hybridized carbons (Fsp3) is 0.733. The minimum Gasteiger partial charge on any atom is -0.479 e. The number of carboxylic acids is 2. The maximum absolute atomic E-state index is 9.77. The van der Waals surface area contributed by atoms with Crippen LogP contribution in [0, 0.1) is 5.92 Å². The lowest BCUT2D eigenvalue weighted by atomic mass is 9.97. The third-order valence-electron chi connectivity index (χ3n) is 4.18. The first-order valence-electron chi connectivity index (χ1n) is 8.43. The Hall–Kier alpha value is -2.08. The Labute approximate surface area is 151 Å². The molecule has 0 amide bonds. The van der Waals surface area contributed by atoms with Gasteiger partial charge >= 0.3 is 11.9 Å². The van der Waals surface area contributed by atoms with Gasteiger partial charge < -0.3 is 31.1 Å². The van der Waals surface area contributed by atoms with Gasteiger partial charge in [-0.15, -0.1) is 5.10 Å². The smallest absolute Gasteiger partial charge is 0.335 e. The number of aliphatic carboxylic acids is 2. The highest BCUT2D eigenvalue weighted by Gasteiger charge is 2.29. The number of rotatable bonds is 8. The molecule has 2 rings (SSSR count). The molecule has 0 unspecified atom stereocenters. The van der Waals surface area contributed by atoms with Crippen LogP contribution < -0.4 is 5.73 Å². The van der Waals surface area contributed by atoms with E-state index in [1.165, 1.54) is 25.9 Å². The quantitative estimate of drug-likeness (QED) is 0.350. The van der Waals surface area contributed by atoms with Crippen LogP contribution >= 0.6 is 0 Å². The second kappa shape index (κ2) is 11.5. The molecule has 2 heterocycles. The van der Waals surface area contributed by atoms with E-state index in [1.54, 1.807) is 6.20 Å². The summed E-state index contributed by atoms with van der Waals surface area (Å²) in [6.07, 6.45) is 2.79. The summed E-state index contributed by atoms with van der Waals surface area (Å²) >= 11 is 0. The Morgan fingerprint density at radius 3 is 2.12 bits per heavy atom. The number of carbonyl (C=O) groups is 2. The van der Waals surface area contributed by atoms with Crippen molar-refractivity contribution in [3.63, 3.8) is 0 Å². The second-order valence-corrected chi connectivity index (χ2v) is 6.11. The molecule has 148 valence electrons. The molecule has 1 saturated heterocycles. The second-order valence-electron chi connectivity index (χ2n) is 6.11. The molecule has 11 nitrogen and oxygen atoms in total. The van der Waals surface area contributed by atoms with E-state index in [0.29, 0.717) is 0 Å². The fourth-order valence-electron chi connectivity index (χ4n) is 2.52. The van der Waals surface area contributed by atoms with Crippen LogP contribution in [0.3, 0.4) is 0 Å². The van der Waals surface area contributed by atoms with Crippen molar-refractivity contribution in [2.24, 2.45) is 11.7 Å². The standard InChI is InChI=1S/C11H21N5.C4H6O6/c12-10-11-2-7-15(8-3-11)5-1-6-16-9-4-13-14-16;5-1(3(7)8)2(6)4(9)10/h4,9,11H,1-3,5-8,10,12H2;1-2,5-6H,(H,7,8)(H,9,10)/t;1-,2-/m.1/s1. The summed E-state index contributed by atoms with van der Waals surface area (Å²) in [4.78, 5) is 22.1. The molecular weight excluding hydrogens is 346 g/mol. The topological polar surface area (TPSA) is 175 Å². The van der Waals surface area contributed by atoms with Crippen molar-refractivity contribution >= 4 is 11.9 Å². The lowest BCUT2D eigenvalue weighted by Crippen LogP contribution is -2.39.